The highest BCUT2D eigenvalue weighted by molar-refractivity contribution is 7.89. The molecule has 1 saturated heterocycles. The van der Waals surface area contributed by atoms with E-state index < -0.39 is 15.9 Å². The molecular weight excluding hydrogens is 542 g/mol. The number of rotatable bonds is 12. The maximum Gasteiger partial charge on any atom is 0.278 e. The quantitative estimate of drug-likeness (QED) is 0.245. The minimum atomic E-state index is -3.62. The van der Waals surface area contributed by atoms with Gasteiger partial charge in [-0.1, -0.05) is 30.4 Å². The molecule has 3 heterocycles. The summed E-state index contributed by atoms with van der Waals surface area (Å²) >= 11 is 1.24. The number of ether oxygens (including phenoxy) is 2. The standard InChI is InChI=1S/C25H33N7O5S2/c1-4-26-39(34,35)19-8-6-18(7-9-19)22(30-32-13-16-36-17-14-32)23(33)29-25-27-20-10-11-21(28-24(20)38-25)37-15-5-12-31(2)3/h6-11,26H,4-5,12-17H2,1-3H3,(H,27,29,33)/b30-22+. The molecule has 1 amide bonds. The molecule has 14 heteroatoms. The molecule has 3 aromatic rings. The second-order valence-electron chi connectivity index (χ2n) is 8.99. The van der Waals surface area contributed by atoms with Crippen LogP contribution in [0.4, 0.5) is 5.13 Å². The number of amides is 1. The van der Waals surface area contributed by atoms with Crippen molar-refractivity contribution in [3.05, 3.63) is 42.0 Å². The van der Waals surface area contributed by atoms with Crippen molar-refractivity contribution < 1.29 is 22.7 Å². The molecule has 1 fully saturated rings. The molecule has 0 spiro atoms. The number of hydrazone groups is 1. The third-order valence-corrected chi connectivity index (χ3v) is 8.11. The van der Waals surface area contributed by atoms with Crippen molar-refractivity contribution in [2.24, 2.45) is 5.10 Å². The van der Waals surface area contributed by atoms with Gasteiger partial charge in [-0.2, -0.15) is 5.10 Å². The van der Waals surface area contributed by atoms with Crippen LogP contribution < -0.4 is 14.8 Å². The summed E-state index contributed by atoms with van der Waals surface area (Å²) in [5.74, 6) is 0.0351. The Hall–Kier alpha value is -3.17. The van der Waals surface area contributed by atoms with Crippen molar-refractivity contribution in [2.75, 3.05) is 65.4 Å². The van der Waals surface area contributed by atoms with Crippen LogP contribution in [0.2, 0.25) is 0 Å². The van der Waals surface area contributed by atoms with E-state index >= 15 is 0 Å². The number of morpholine rings is 1. The Morgan fingerprint density at radius 3 is 2.59 bits per heavy atom. The topological polar surface area (TPSA) is 138 Å². The van der Waals surface area contributed by atoms with E-state index in [0.717, 1.165) is 13.0 Å². The number of benzene rings is 1. The van der Waals surface area contributed by atoms with Gasteiger partial charge in [0.25, 0.3) is 5.91 Å². The SMILES string of the molecule is CCNS(=O)(=O)c1ccc(/C(=N\N2CCOCC2)C(=O)Nc2nc3ccc(OCCCN(C)C)nc3s2)cc1. The van der Waals surface area contributed by atoms with E-state index in [1.54, 1.807) is 30.1 Å². The first-order valence-electron chi connectivity index (χ1n) is 12.6. The number of pyridine rings is 1. The van der Waals surface area contributed by atoms with Gasteiger partial charge in [0.15, 0.2) is 10.8 Å². The van der Waals surface area contributed by atoms with Crippen molar-refractivity contribution in [2.45, 2.75) is 18.2 Å². The third kappa shape index (κ3) is 7.92. The molecule has 0 bridgehead atoms. The van der Waals surface area contributed by atoms with E-state index in [4.69, 9.17) is 9.47 Å². The number of sulfonamides is 1. The van der Waals surface area contributed by atoms with Gasteiger partial charge in [0.05, 0.1) is 37.8 Å². The highest BCUT2D eigenvalue weighted by Crippen LogP contribution is 2.26. The van der Waals surface area contributed by atoms with E-state index in [1.165, 1.54) is 23.5 Å². The number of hydrogen-bond acceptors (Lipinski definition) is 11. The van der Waals surface area contributed by atoms with Gasteiger partial charge in [-0.25, -0.2) is 23.1 Å². The summed E-state index contributed by atoms with van der Waals surface area (Å²) in [5, 5.41) is 9.55. The maximum absolute atomic E-state index is 13.4. The molecule has 1 aliphatic rings. The van der Waals surface area contributed by atoms with Gasteiger partial charge in [0, 0.05) is 24.7 Å². The van der Waals surface area contributed by atoms with Gasteiger partial charge in [-0.15, -0.1) is 0 Å². The van der Waals surface area contributed by atoms with Crippen LogP contribution in [0.15, 0.2) is 46.4 Å². The van der Waals surface area contributed by atoms with Crippen LogP contribution in [-0.2, 0) is 19.6 Å². The van der Waals surface area contributed by atoms with Gasteiger partial charge < -0.3 is 14.4 Å². The van der Waals surface area contributed by atoms with Crippen molar-refractivity contribution >= 4 is 48.5 Å². The Labute approximate surface area is 232 Å². The molecule has 39 heavy (non-hydrogen) atoms. The minimum absolute atomic E-state index is 0.108. The van der Waals surface area contributed by atoms with Crippen LogP contribution in [0, 0.1) is 0 Å². The molecule has 0 radical (unpaired) electrons. The van der Waals surface area contributed by atoms with Gasteiger partial charge in [-0.3, -0.25) is 15.1 Å². The van der Waals surface area contributed by atoms with Crippen LogP contribution in [0.3, 0.4) is 0 Å². The summed E-state index contributed by atoms with van der Waals surface area (Å²) in [6.45, 7) is 5.52. The van der Waals surface area contributed by atoms with Gasteiger partial charge in [0.1, 0.15) is 10.3 Å². The van der Waals surface area contributed by atoms with Crippen LogP contribution >= 0.6 is 11.3 Å². The van der Waals surface area contributed by atoms with Gasteiger partial charge >= 0.3 is 0 Å². The lowest BCUT2D eigenvalue weighted by Gasteiger charge is -2.24. The fourth-order valence-electron chi connectivity index (χ4n) is 3.74. The van der Waals surface area contributed by atoms with E-state index in [2.05, 4.69) is 30.0 Å². The van der Waals surface area contributed by atoms with Crippen LogP contribution in [-0.4, -0.2) is 100 Å². The molecule has 0 atom stereocenters. The zero-order valence-electron chi connectivity index (χ0n) is 22.2. The minimum Gasteiger partial charge on any atom is -0.478 e. The average molecular weight is 576 g/mol. The Morgan fingerprint density at radius 2 is 1.90 bits per heavy atom. The summed E-state index contributed by atoms with van der Waals surface area (Å²) in [5.41, 5.74) is 1.25. The zero-order valence-corrected chi connectivity index (χ0v) is 23.8. The number of anilines is 1. The predicted molar refractivity (Wildman–Crippen MR) is 151 cm³/mol. The average Bonchev–Trinajstić information content (AvgIpc) is 3.31. The molecule has 0 saturated carbocycles. The Kier molecular flexibility index (Phi) is 9.80. The summed E-state index contributed by atoms with van der Waals surface area (Å²) in [4.78, 5) is 25.3. The largest absolute Gasteiger partial charge is 0.478 e. The zero-order chi connectivity index (χ0) is 27.8. The third-order valence-electron chi connectivity index (χ3n) is 5.67. The number of fused-ring (bicyclic) bond motifs is 1. The number of thiazole rings is 1. The predicted octanol–water partition coefficient (Wildman–Crippen LogP) is 1.99. The second kappa shape index (κ2) is 13.3. The molecule has 0 aliphatic carbocycles. The number of carbonyl (C=O) groups is 1. The van der Waals surface area contributed by atoms with Crippen LogP contribution in [0.5, 0.6) is 5.88 Å². The molecule has 0 unspecified atom stereocenters. The molecule has 2 N–H and O–H groups in total. The Balaban J connectivity index is 1.53. The van der Waals surface area contributed by atoms with E-state index in [-0.39, 0.29) is 17.2 Å². The highest BCUT2D eigenvalue weighted by Gasteiger charge is 2.21. The highest BCUT2D eigenvalue weighted by atomic mass is 32.2. The lowest BCUT2D eigenvalue weighted by molar-refractivity contribution is -0.110. The van der Waals surface area contributed by atoms with Gasteiger partial charge in [0.2, 0.25) is 15.9 Å². The van der Waals surface area contributed by atoms with E-state index in [9.17, 15) is 13.2 Å². The molecule has 2 aromatic heterocycles. The first-order valence-corrected chi connectivity index (χ1v) is 14.9. The first-order chi connectivity index (χ1) is 18.7. The van der Waals surface area contributed by atoms with Crippen LogP contribution in [0.1, 0.15) is 18.9 Å². The lowest BCUT2D eigenvalue weighted by atomic mass is 10.1. The smallest absolute Gasteiger partial charge is 0.278 e. The number of nitrogens with zero attached hydrogens (tertiary/aromatic N) is 5. The summed E-state index contributed by atoms with van der Waals surface area (Å²) in [6.07, 6.45) is 0.879. The van der Waals surface area contributed by atoms with Crippen molar-refractivity contribution in [1.82, 2.24) is 24.6 Å². The first kappa shape index (κ1) is 28.8. The molecule has 4 rings (SSSR count). The lowest BCUT2D eigenvalue weighted by Crippen LogP contribution is -2.35. The fourth-order valence-corrected chi connectivity index (χ4v) is 5.61. The fraction of sp³-hybridized carbons (Fsp3) is 0.440. The maximum atomic E-state index is 13.4. The number of hydrogen-bond donors (Lipinski definition) is 2. The molecule has 12 nitrogen and oxygen atoms in total. The number of nitrogens with one attached hydrogen (secondary N) is 2. The van der Waals surface area contributed by atoms with E-state index in [0.29, 0.717) is 59.8 Å². The van der Waals surface area contributed by atoms with Crippen LogP contribution in [0.25, 0.3) is 10.3 Å². The summed E-state index contributed by atoms with van der Waals surface area (Å²) < 4.78 is 38.3. The number of carbonyl (C=O) groups excluding carboxylic acids is 1. The summed E-state index contributed by atoms with van der Waals surface area (Å²) in [7, 11) is 0.402. The Bertz CT molecular complexity index is 1400. The van der Waals surface area contributed by atoms with Crippen molar-refractivity contribution in [1.29, 1.82) is 0 Å². The monoisotopic (exact) mass is 575 g/mol. The molecule has 1 aromatic carbocycles. The Morgan fingerprint density at radius 1 is 1.15 bits per heavy atom. The van der Waals surface area contributed by atoms with E-state index in [1.807, 2.05) is 20.2 Å². The molecular formula is C25H33N7O5S2. The van der Waals surface area contributed by atoms with Crippen molar-refractivity contribution in [3.8, 4) is 5.88 Å². The number of aromatic nitrogens is 2. The molecule has 1 aliphatic heterocycles. The normalized spacial score (nSPS) is 14.7. The summed E-state index contributed by atoms with van der Waals surface area (Å²) in [6, 6.07) is 9.62. The van der Waals surface area contributed by atoms with Gasteiger partial charge in [-0.05, 0) is 38.7 Å². The molecule has 210 valence electrons. The van der Waals surface area contributed by atoms with Crippen molar-refractivity contribution in [3.63, 3.8) is 0 Å². The second-order valence-corrected chi connectivity index (χ2v) is 11.7.